The van der Waals surface area contributed by atoms with E-state index < -0.39 is 0 Å². The Bertz CT molecular complexity index is 433. The van der Waals surface area contributed by atoms with E-state index in [-0.39, 0.29) is 11.7 Å². The van der Waals surface area contributed by atoms with Gasteiger partial charge in [0.15, 0.2) is 5.75 Å². The van der Waals surface area contributed by atoms with E-state index in [2.05, 4.69) is 9.97 Å². The van der Waals surface area contributed by atoms with Crippen molar-refractivity contribution in [2.24, 2.45) is 0 Å². The first kappa shape index (κ1) is 8.04. The number of rotatable bonds is 1. The molecule has 0 fully saturated rings. The van der Waals surface area contributed by atoms with Gasteiger partial charge in [0.1, 0.15) is 0 Å². The Morgan fingerprint density at radius 2 is 2.23 bits per heavy atom. The van der Waals surface area contributed by atoms with Crippen LogP contribution >= 0.6 is 0 Å². The highest BCUT2D eigenvalue weighted by molar-refractivity contribution is 5.37. The average Bonchev–Trinajstić information content (AvgIpc) is 2.48. The highest BCUT2D eigenvalue weighted by Crippen LogP contribution is 2.22. The number of nitrogens with zero attached hydrogens (tertiary/aromatic N) is 3. The van der Waals surface area contributed by atoms with E-state index in [1.165, 1.54) is 0 Å². The molecule has 13 heavy (non-hydrogen) atoms. The van der Waals surface area contributed by atoms with Crippen LogP contribution in [0.5, 0.6) is 5.75 Å². The van der Waals surface area contributed by atoms with Crippen molar-refractivity contribution in [1.82, 2.24) is 14.4 Å². The van der Waals surface area contributed by atoms with Gasteiger partial charge in [-0.2, -0.15) is 0 Å². The van der Waals surface area contributed by atoms with Gasteiger partial charge in [-0.3, -0.25) is 4.40 Å². The highest BCUT2D eigenvalue weighted by Gasteiger charge is 2.09. The summed E-state index contributed by atoms with van der Waals surface area (Å²) in [4.78, 5) is 8.28. The second-order valence-electron chi connectivity index (χ2n) is 3.30. The standard InChI is InChI=1S/C9H11N3O/c1-6(2)8-7(13)5-12-4-3-10-9(12)11-8/h3-6,13H,1-2H3. The summed E-state index contributed by atoms with van der Waals surface area (Å²) in [6.07, 6.45) is 5.04. The van der Waals surface area contributed by atoms with Crippen LogP contribution in [0.25, 0.3) is 5.78 Å². The maximum Gasteiger partial charge on any atom is 0.234 e. The lowest BCUT2D eigenvalue weighted by Crippen LogP contribution is -1.97. The molecular formula is C9H11N3O. The zero-order valence-electron chi connectivity index (χ0n) is 7.60. The Balaban J connectivity index is 2.69. The third kappa shape index (κ3) is 1.24. The molecule has 2 aromatic rings. The molecule has 0 aliphatic carbocycles. The van der Waals surface area contributed by atoms with Crippen molar-refractivity contribution in [2.45, 2.75) is 19.8 Å². The van der Waals surface area contributed by atoms with Crippen LogP contribution in [0.2, 0.25) is 0 Å². The van der Waals surface area contributed by atoms with Gasteiger partial charge >= 0.3 is 0 Å². The minimum Gasteiger partial charge on any atom is -0.505 e. The summed E-state index contributed by atoms with van der Waals surface area (Å²) in [6, 6.07) is 0. The first-order chi connectivity index (χ1) is 6.18. The second kappa shape index (κ2) is 2.73. The van der Waals surface area contributed by atoms with Gasteiger partial charge in [-0.05, 0) is 5.92 Å². The molecular weight excluding hydrogens is 166 g/mol. The van der Waals surface area contributed by atoms with Gasteiger partial charge in [-0.25, -0.2) is 9.97 Å². The van der Waals surface area contributed by atoms with Gasteiger partial charge in [-0.1, -0.05) is 13.8 Å². The Kier molecular flexibility index (Phi) is 1.69. The lowest BCUT2D eigenvalue weighted by atomic mass is 10.1. The normalized spacial score (nSPS) is 11.3. The second-order valence-corrected chi connectivity index (χ2v) is 3.30. The summed E-state index contributed by atoms with van der Waals surface area (Å²) in [5.41, 5.74) is 0.693. The van der Waals surface area contributed by atoms with Gasteiger partial charge in [-0.15, -0.1) is 0 Å². The van der Waals surface area contributed by atoms with Crippen molar-refractivity contribution in [2.75, 3.05) is 0 Å². The van der Waals surface area contributed by atoms with Crippen molar-refractivity contribution in [3.63, 3.8) is 0 Å². The van der Waals surface area contributed by atoms with Crippen molar-refractivity contribution in [3.05, 3.63) is 24.3 Å². The van der Waals surface area contributed by atoms with Crippen molar-refractivity contribution < 1.29 is 5.11 Å². The number of imidazole rings is 1. The van der Waals surface area contributed by atoms with E-state index in [1.807, 2.05) is 13.8 Å². The maximum absolute atomic E-state index is 9.59. The third-order valence-corrected chi connectivity index (χ3v) is 1.94. The number of fused-ring (bicyclic) bond motifs is 1. The first-order valence-corrected chi connectivity index (χ1v) is 4.21. The van der Waals surface area contributed by atoms with Gasteiger partial charge in [0.2, 0.25) is 5.78 Å². The van der Waals surface area contributed by atoms with Gasteiger partial charge < -0.3 is 5.11 Å². The minimum atomic E-state index is 0.210. The van der Waals surface area contributed by atoms with Crippen LogP contribution in [0, 0.1) is 0 Å². The van der Waals surface area contributed by atoms with Crippen LogP contribution in [-0.2, 0) is 0 Å². The summed E-state index contributed by atoms with van der Waals surface area (Å²) < 4.78 is 1.70. The van der Waals surface area contributed by atoms with Crippen molar-refractivity contribution in [3.8, 4) is 5.75 Å². The van der Waals surface area contributed by atoms with Crippen molar-refractivity contribution in [1.29, 1.82) is 0 Å². The van der Waals surface area contributed by atoms with Gasteiger partial charge in [0.05, 0.1) is 11.9 Å². The maximum atomic E-state index is 9.59. The number of aromatic hydroxyl groups is 1. The fourth-order valence-electron chi connectivity index (χ4n) is 1.28. The fourth-order valence-corrected chi connectivity index (χ4v) is 1.28. The Labute approximate surface area is 75.9 Å². The molecule has 0 spiro atoms. The quantitative estimate of drug-likeness (QED) is 0.719. The molecule has 0 amide bonds. The van der Waals surface area contributed by atoms with Crippen LogP contribution in [0.1, 0.15) is 25.5 Å². The minimum absolute atomic E-state index is 0.210. The monoisotopic (exact) mass is 177 g/mol. The molecule has 4 nitrogen and oxygen atoms in total. The molecule has 0 aromatic carbocycles. The molecule has 0 saturated heterocycles. The number of hydrogen-bond acceptors (Lipinski definition) is 3. The molecule has 2 rings (SSSR count). The van der Waals surface area contributed by atoms with E-state index >= 15 is 0 Å². The molecule has 0 atom stereocenters. The van der Waals surface area contributed by atoms with Gasteiger partial charge in [0, 0.05) is 12.4 Å². The van der Waals surface area contributed by atoms with Crippen LogP contribution in [0.15, 0.2) is 18.6 Å². The Morgan fingerprint density at radius 3 is 2.92 bits per heavy atom. The molecule has 0 aliphatic heterocycles. The summed E-state index contributed by atoms with van der Waals surface area (Å²) >= 11 is 0. The molecule has 0 radical (unpaired) electrons. The predicted molar refractivity (Wildman–Crippen MR) is 48.7 cm³/mol. The average molecular weight is 177 g/mol. The molecule has 0 bridgehead atoms. The molecule has 0 unspecified atom stereocenters. The molecule has 2 aromatic heterocycles. The summed E-state index contributed by atoms with van der Waals surface area (Å²) in [6.45, 7) is 3.98. The lowest BCUT2D eigenvalue weighted by molar-refractivity contribution is 0.456. The smallest absolute Gasteiger partial charge is 0.234 e. The van der Waals surface area contributed by atoms with E-state index in [1.54, 1.807) is 23.0 Å². The largest absolute Gasteiger partial charge is 0.505 e. The van der Waals surface area contributed by atoms with Crippen LogP contribution < -0.4 is 0 Å². The number of aromatic nitrogens is 3. The number of hydrogen-bond donors (Lipinski definition) is 1. The SMILES string of the molecule is CC(C)c1nc2nccn2cc1O. The zero-order valence-corrected chi connectivity index (χ0v) is 7.60. The highest BCUT2D eigenvalue weighted by atomic mass is 16.3. The van der Waals surface area contributed by atoms with Crippen LogP contribution in [0.4, 0.5) is 0 Å². The van der Waals surface area contributed by atoms with E-state index in [4.69, 9.17) is 0 Å². The van der Waals surface area contributed by atoms with Crippen LogP contribution in [0.3, 0.4) is 0 Å². The molecule has 0 aliphatic rings. The third-order valence-electron chi connectivity index (χ3n) is 1.94. The molecule has 68 valence electrons. The van der Waals surface area contributed by atoms with E-state index in [9.17, 15) is 5.11 Å². The summed E-state index contributed by atoms with van der Waals surface area (Å²) in [5.74, 6) is 1.06. The zero-order chi connectivity index (χ0) is 9.42. The molecule has 4 heteroatoms. The topological polar surface area (TPSA) is 50.4 Å². The van der Waals surface area contributed by atoms with Crippen molar-refractivity contribution >= 4 is 5.78 Å². The summed E-state index contributed by atoms with van der Waals surface area (Å²) in [5, 5.41) is 9.59. The molecule has 2 heterocycles. The Hall–Kier alpha value is -1.58. The Morgan fingerprint density at radius 1 is 1.46 bits per heavy atom. The van der Waals surface area contributed by atoms with Gasteiger partial charge in [0.25, 0.3) is 0 Å². The van der Waals surface area contributed by atoms with E-state index in [0.29, 0.717) is 11.5 Å². The first-order valence-electron chi connectivity index (χ1n) is 4.21. The molecule has 0 saturated carbocycles. The summed E-state index contributed by atoms with van der Waals surface area (Å²) in [7, 11) is 0. The molecule has 1 N–H and O–H groups in total. The fraction of sp³-hybridized carbons (Fsp3) is 0.333. The predicted octanol–water partition coefficient (Wildman–Crippen LogP) is 1.56. The van der Waals surface area contributed by atoms with Crippen LogP contribution in [-0.4, -0.2) is 19.5 Å². The van der Waals surface area contributed by atoms with E-state index in [0.717, 1.165) is 0 Å². The lowest BCUT2D eigenvalue weighted by Gasteiger charge is -2.06.